The van der Waals surface area contributed by atoms with Gasteiger partial charge in [-0.05, 0) is 50.3 Å². The van der Waals surface area contributed by atoms with Crippen molar-refractivity contribution in [1.82, 2.24) is 20.9 Å². The van der Waals surface area contributed by atoms with Crippen LogP contribution in [0.3, 0.4) is 0 Å². The molecule has 204 valence electrons. The van der Waals surface area contributed by atoms with E-state index in [0.717, 1.165) is 16.5 Å². The summed E-state index contributed by atoms with van der Waals surface area (Å²) in [5.41, 5.74) is 13.1. The van der Waals surface area contributed by atoms with Crippen LogP contribution in [-0.4, -0.2) is 64.5 Å². The van der Waals surface area contributed by atoms with Gasteiger partial charge in [0.2, 0.25) is 17.7 Å². The molecule has 0 aliphatic carbocycles. The largest absolute Gasteiger partial charge is 0.480 e. The second-order valence-corrected chi connectivity index (χ2v) is 9.45. The highest BCUT2D eigenvalue weighted by Crippen LogP contribution is 2.19. The monoisotopic (exact) mass is 516 g/mol. The van der Waals surface area contributed by atoms with Gasteiger partial charge in [-0.25, -0.2) is 4.79 Å². The quantitative estimate of drug-likeness (QED) is 0.170. The van der Waals surface area contributed by atoms with Crippen LogP contribution in [0.1, 0.15) is 52.0 Å². The summed E-state index contributed by atoms with van der Waals surface area (Å²) >= 11 is 0. The van der Waals surface area contributed by atoms with Crippen molar-refractivity contribution in [2.75, 3.05) is 6.54 Å². The van der Waals surface area contributed by atoms with E-state index in [2.05, 4.69) is 20.9 Å². The van der Waals surface area contributed by atoms with E-state index in [1.165, 1.54) is 6.92 Å². The summed E-state index contributed by atoms with van der Waals surface area (Å²) in [5, 5.41) is 18.5. The van der Waals surface area contributed by atoms with Crippen LogP contribution in [0.4, 0.5) is 0 Å². The van der Waals surface area contributed by atoms with Gasteiger partial charge >= 0.3 is 5.97 Å². The average Bonchev–Trinajstić information content (AvgIpc) is 3.29. The number of benzene rings is 1. The maximum atomic E-state index is 13.1. The summed E-state index contributed by atoms with van der Waals surface area (Å²) in [7, 11) is 0. The first-order chi connectivity index (χ1) is 17.6. The highest BCUT2D eigenvalue weighted by atomic mass is 16.4. The fourth-order valence-electron chi connectivity index (χ4n) is 3.94. The molecule has 0 spiro atoms. The number of carboxylic acids is 1. The van der Waals surface area contributed by atoms with Gasteiger partial charge in [0.1, 0.15) is 18.1 Å². The summed E-state index contributed by atoms with van der Waals surface area (Å²) in [4.78, 5) is 53.4. The first-order valence-corrected chi connectivity index (χ1v) is 12.7. The van der Waals surface area contributed by atoms with E-state index >= 15 is 0 Å². The number of fused-ring (bicyclic) bond motifs is 1. The lowest BCUT2D eigenvalue weighted by atomic mass is 9.99. The molecule has 0 saturated heterocycles. The average molecular weight is 517 g/mol. The SMILES string of the molecule is CCC(C)C(N)C(=O)NC(C)C(=O)NC(CCCCN)C(=O)NC(Cc1c[nH]c2ccccc12)C(=O)O. The Morgan fingerprint density at radius 1 is 0.973 bits per heavy atom. The van der Waals surface area contributed by atoms with E-state index in [1.807, 2.05) is 38.1 Å². The number of para-hydroxylation sites is 1. The van der Waals surface area contributed by atoms with Crippen molar-refractivity contribution >= 4 is 34.6 Å². The highest BCUT2D eigenvalue weighted by Gasteiger charge is 2.29. The molecule has 1 aromatic heterocycles. The minimum absolute atomic E-state index is 0.0600. The summed E-state index contributed by atoms with van der Waals surface area (Å²) in [6.45, 7) is 5.69. The fraction of sp³-hybridized carbons (Fsp3) is 0.538. The second kappa shape index (κ2) is 14.3. The number of hydrogen-bond donors (Lipinski definition) is 7. The molecule has 0 aliphatic heterocycles. The van der Waals surface area contributed by atoms with Crippen LogP contribution in [0.5, 0.6) is 0 Å². The molecular formula is C26H40N6O5. The van der Waals surface area contributed by atoms with Crippen molar-refractivity contribution in [1.29, 1.82) is 0 Å². The van der Waals surface area contributed by atoms with Crippen LogP contribution in [-0.2, 0) is 25.6 Å². The first-order valence-electron chi connectivity index (χ1n) is 12.7. The Morgan fingerprint density at radius 3 is 2.30 bits per heavy atom. The molecule has 1 heterocycles. The third-order valence-corrected chi connectivity index (χ3v) is 6.61. The first kappa shape index (κ1) is 29.8. The number of unbranched alkanes of at least 4 members (excludes halogenated alkanes) is 1. The van der Waals surface area contributed by atoms with Crippen molar-refractivity contribution in [3.63, 3.8) is 0 Å². The molecule has 37 heavy (non-hydrogen) atoms. The molecule has 11 heteroatoms. The Kier molecular flexibility index (Phi) is 11.5. The van der Waals surface area contributed by atoms with Gasteiger partial charge < -0.3 is 37.5 Å². The van der Waals surface area contributed by atoms with Gasteiger partial charge in [0, 0.05) is 23.5 Å². The number of nitrogens with two attached hydrogens (primary N) is 2. The number of nitrogens with one attached hydrogen (secondary N) is 4. The minimum atomic E-state index is -1.20. The van der Waals surface area contributed by atoms with Gasteiger partial charge in [-0.1, -0.05) is 38.5 Å². The number of carboxylic acid groups (broad SMARTS) is 1. The number of aromatic nitrogens is 1. The summed E-state index contributed by atoms with van der Waals surface area (Å²) in [6, 6.07) is 3.59. The highest BCUT2D eigenvalue weighted by molar-refractivity contribution is 5.94. The van der Waals surface area contributed by atoms with E-state index in [1.54, 1.807) is 6.20 Å². The lowest BCUT2D eigenvalue weighted by molar-refractivity contribution is -0.142. The lowest BCUT2D eigenvalue weighted by Crippen LogP contribution is -2.57. The minimum Gasteiger partial charge on any atom is -0.480 e. The molecule has 0 radical (unpaired) electrons. The van der Waals surface area contributed by atoms with Gasteiger partial charge in [-0.15, -0.1) is 0 Å². The van der Waals surface area contributed by atoms with Crippen LogP contribution in [0.2, 0.25) is 0 Å². The van der Waals surface area contributed by atoms with Crippen LogP contribution in [0.15, 0.2) is 30.5 Å². The van der Waals surface area contributed by atoms with E-state index in [0.29, 0.717) is 25.8 Å². The Balaban J connectivity index is 2.09. The van der Waals surface area contributed by atoms with Gasteiger partial charge in [-0.3, -0.25) is 14.4 Å². The number of rotatable bonds is 15. The molecule has 3 amide bonds. The van der Waals surface area contributed by atoms with Crippen molar-refractivity contribution in [3.05, 3.63) is 36.0 Å². The number of aliphatic carboxylic acids is 1. The van der Waals surface area contributed by atoms with E-state index in [4.69, 9.17) is 11.5 Å². The van der Waals surface area contributed by atoms with E-state index < -0.39 is 47.9 Å². The number of aromatic amines is 1. The second-order valence-electron chi connectivity index (χ2n) is 9.45. The Hall–Kier alpha value is -3.44. The zero-order chi connectivity index (χ0) is 27.5. The summed E-state index contributed by atoms with van der Waals surface area (Å²) in [5.74, 6) is -2.89. The molecular weight excluding hydrogens is 476 g/mol. The Labute approximate surface area is 217 Å². The van der Waals surface area contributed by atoms with Crippen LogP contribution in [0.25, 0.3) is 10.9 Å². The smallest absolute Gasteiger partial charge is 0.326 e. The lowest BCUT2D eigenvalue weighted by Gasteiger charge is -2.24. The molecule has 5 atom stereocenters. The molecule has 0 bridgehead atoms. The molecule has 0 fully saturated rings. The predicted molar refractivity (Wildman–Crippen MR) is 141 cm³/mol. The molecule has 2 rings (SSSR count). The number of carbonyl (C=O) groups is 4. The number of carbonyl (C=O) groups excluding carboxylic acids is 3. The maximum Gasteiger partial charge on any atom is 0.326 e. The third kappa shape index (κ3) is 8.57. The van der Waals surface area contributed by atoms with Crippen molar-refractivity contribution in [2.24, 2.45) is 17.4 Å². The van der Waals surface area contributed by atoms with Gasteiger partial charge in [0.25, 0.3) is 0 Å². The van der Waals surface area contributed by atoms with Crippen molar-refractivity contribution in [3.8, 4) is 0 Å². The number of amides is 3. The van der Waals surface area contributed by atoms with Crippen LogP contribution >= 0.6 is 0 Å². The molecule has 2 aromatic rings. The zero-order valence-corrected chi connectivity index (χ0v) is 21.8. The van der Waals surface area contributed by atoms with Crippen molar-refractivity contribution < 1.29 is 24.3 Å². The topological polar surface area (TPSA) is 192 Å². The Bertz CT molecular complexity index is 1070. The van der Waals surface area contributed by atoms with E-state index in [-0.39, 0.29) is 18.8 Å². The Morgan fingerprint density at radius 2 is 1.65 bits per heavy atom. The van der Waals surface area contributed by atoms with Gasteiger partial charge in [-0.2, -0.15) is 0 Å². The molecule has 5 unspecified atom stereocenters. The number of hydrogen-bond acceptors (Lipinski definition) is 6. The standard InChI is InChI=1S/C26H40N6O5/c1-4-15(2)22(28)25(35)30-16(3)23(33)31-20(11-7-8-12-27)24(34)32-21(26(36)37)13-17-14-29-19-10-6-5-9-18(17)19/h5-6,9-10,14-16,20-22,29H,4,7-8,11-13,27-28H2,1-3H3,(H,30,35)(H,31,33)(H,32,34)(H,36,37). The predicted octanol–water partition coefficient (Wildman–Crippen LogP) is 0.772. The zero-order valence-electron chi connectivity index (χ0n) is 21.8. The van der Waals surface area contributed by atoms with E-state index in [9.17, 15) is 24.3 Å². The molecule has 0 saturated carbocycles. The number of H-pyrrole nitrogens is 1. The summed E-state index contributed by atoms with van der Waals surface area (Å²) in [6.07, 6.45) is 3.95. The third-order valence-electron chi connectivity index (χ3n) is 6.61. The molecule has 1 aromatic carbocycles. The molecule has 11 nitrogen and oxygen atoms in total. The van der Waals surface area contributed by atoms with Crippen LogP contribution in [0, 0.1) is 5.92 Å². The van der Waals surface area contributed by atoms with Gasteiger partial charge in [0.05, 0.1) is 6.04 Å². The molecule has 0 aliphatic rings. The van der Waals surface area contributed by atoms with Gasteiger partial charge in [0.15, 0.2) is 0 Å². The van der Waals surface area contributed by atoms with Crippen molar-refractivity contribution in [2.45, 2.75) is 77.0 Å². The van der Waals surface area contributed by atoms with Crippen LogP contribution < -0.4 is 27.4 Å². The maximum absolute atomic E-state index is 13.1. The molecule has 9 N–H and O–H groups in total. The normalized spacial score (nSPS) is 15.3. The summed E-state index contributed by atoms with van der Waals surface area (Å²) < 4.78 is 0. The fourth-order valence-corrected chi connectivity index (χ4v) is 3.94.